The Labute approximate surface area is 96.1 Å². The zero-order chi connectivity index (χ0) is 9.64. The van der Waals surface area contributed by atoms with Gasteiger partial charge >= 0.3 is 0 Å². The Morgan fingerprint density at radius 2 is 1.40 bits per heavy atom. The Morgan fingerprint density at radius 3 is 2.07 bits per heavy atom. The number of hydrogen-bond acceptors (Lipinski definition) is 0. The predicted octanol–water partition coefficient (Wildman–Crippen LogP) is -0.394. The highest BCUT2D eigenvalue weighted by Crippen LogP contribution is 1.99. The SMILES string of the molecule is C(=C\[n+]1ccccc1)/c1ccccc1.[Cl-]. The molecule has 0 saturated carbocycles. The van der Waals surface area contributed by atoms with Crippen molar-refractivity contribution in [1.29, 1.82) is 0 Å². The van der Waals surface area contributed by atoms with Crippen LogP contribution in [0.5, 0.6) is 0 Å². The van der Waals surface area contributed by atoms with Crippen LogP contribution in [0.2, 0.25) is 0 Å². The molecule has 0 N–H and O–H groups in total. The summed E-state index contributed by atoms with van der Waals surface area (Å²) in [7, 11) is 0. The lowest BCUT2D eigenvalue weighted by Crippen LogP contribution is -3.00. The summed E-state index contributed by atoms with van der Waals surface area (Å²) in [5, 5.41) is 0. The Bertz CT molecular complexity index is 368. The van der Waals surface area contributed by atoms with Crippen molar-refractivity contribution in [2.24, 2.45) is 0 Å². The topological polar surface area (TPSA) is 3.88 Å². The minimum atomic E-state index is 0. The quantitative estimate of drug-likeness (QED) is 0.604. The molecule has 1 heterocycles. The molecule has 0 aliphatic heterocycles. The van der Waals surface area contributed by atoms with Crippen LogP contribution in [0.1, 0.15) is 5.56 Å². The van der Waals surface area contributed by atoms with Crippen LogP contribution in [0.15, 0.2) is 60.9 Å². The van der Waals surface area contributed by atoms with E-state index in [9.17, 15) is 0 Å². The van der Waals surface area contributed by atoms with Crippen molar-refractivity contribution in [2.75, 3.05) is 0 Å². The van der Waals surface area contributed by atoms with Gasteiger partial charge in [0, 0.05) is 18.2 Å². The van der Waals surface area contributed by atoms with Crippen LogP contribution in [-0.4, -0.2) is 0 Å². The Kier molecular flexibility index (Phi) is 4.58. The summed E-state index contributed by atoms with van der Waals surface area (Å²) >= 11 is 0. The Hall–Kier alpha value is -1.60. The second kappa shape index (κ2) is 5.99. The van der Waals surface area contributed by atoms with Crippen LogP contribution in [0.25, 0.3) is 12.3 Å². The molecule has 2 heteroatoms. The van der Waals surface area contributed by atoms with Gasteiger partial charge in [-0.15, -0.1) is 0 Å². The number of pyridine rings is 1. The summed E-state index contributed by atoms with van der Waals surface area (Å²) in [6, 6.07) is 16.3. The Morgan fingerprint density at radius 1 is 0.800 bits per heavy atom. The second-order valence-corrected chi connectivity index (χ2v) is 3.05. The highest BCUT2D eigenvalue weighted by Gasteiger charge is 1.89. The fourth-order valence-electron chi connectivity index (χ4n) is 1.25. The predicted molar refractivity (Wildman–Crippen MR) is 58.3 cm³/mol. The van der Waals surface area contributed by atoms with Crippen molar-refractivity contribution >= 4 is 12.3 Å². The maximum absolute atomic E-state index is 2.08. The van der Waals surface area contributed by atoms with E-state index in [0.717, 1.165) is 0 Å². The van der Waals surface area contributed by atoms with Gasteiger partial charge in [-0.3, -0.25) is 0 Å². The van der Waals surface area contributed by atoms with E-state index in [1.54, 1.807) is 0 Å². The van der Waals surface area contributed by atoms with Crippen LogP contribution in [0.4, 0.5) is 0 Å². The van der Waals surface area contributed by atoms with Crippen LogP contribution >= 0.6 is 0 Å². The molecule has 0 fully saturated rings. The fraction of sp³-hybridized carbons (Fsp3) is 0. The molecule has 0 amide bonds. The molecule has 2 aromatic rings. The number of halogens is 1. The normalized spacial score (nSPS) is 9.87. The van der Waals surface area contributed by atoms with E-state index in [1.165, 1.54) is 5.56 Å². The number of benzene rings is 1. The van der Waals surface area contributed by atoms with E-state index in [1.807, 2.05) is 59.6 Å². The highest BCUT2D eigenvalue weighted by molar-refractivity contribution is 5.56. The molecule has 1 nitrogen and oxygen atoms in total. The lowest BCUT2D eigenvalue weighted by Gasteiger charge is -1.88. The maximum atomic E-state index is 2.08. The Balaban J connectivity index is 0.00000112. The summed E-state index contributed by atoms with van der Waals surface area (Å²) < 4.78 is 2.02. The van der Waals surface area contributed by atoms with Crippen molar-refractivity contribution < 1.29 is 17.0 Å². The van der Waals surface area contributed by atoms with Gasteiger partial charge < -0.3 is 12.4 Å². The lowest BCUT2D eigenvalue weighted by atomic mass is 10.2. The van der Waals surface area contributed by atoms with Gasteiger partial charge in [0.25, 0.3) is 0 Å². The van der Waals surface area contributed by atoms with E-state index in [-0.39, 0.29) is 12.4 Å². The number of nitrogens with zero attached hydrogens (tertiary/aromatic N) is 1. The fourth-order valence-corrected chi connectivity index (χ4v) is 1.25. The molecule has 0 saturated heterocycles. The van der Waals surface area contributed by atoms with Crippen molar-refractivity contribution in [2.45, 2.75) is 0 Å². The van der Waals surface area contributed by atoms with Gasteiger partial charge in [-0.05, 0) is 5.56 Å². The molecule has 76 valence electrons. The van der Waals surface area contributed by atoms with Gasteiger partial charge in [0.05, 0.1) is 0 Å². The lowest BCUT2D eigenvalue weighted by molar-refractivity contribution is -0.567. The standard InChI is InChI=1S/C13H12N.ClH/c1-3-7-13(8-4-1)9-12-14-10-5-2-6-11-14;/h1-12H;1H/q+1;/p-1/b12-9+;. The molecular formula is C13H12ClN. The smallest absolute Gasteiger partial charge is 0.175 e. The van der Waals surface area contributed by atoms with E-state index in [2.05, 4.69) is 18.2 Å². The summed E-state index contributed by atoms with van der Waals surface area (Å²) in [6.07, 6.45) is 8.15. The maximum Gasteiger partial charge on any atom is 0.175 e. The summed E-state index contributed by atoms with van der Waals surface area (Å²) in [5.41, 5.74) is 1.21. The third-order valence-electron chi connectivity index (χ3n) is 1.98. The number of hydrogen-bond donors (Lipinski definition) is 0. The van der Waals surface area contributed by atoms with E-state index in [4.69, 9.17) is 0 Å². The number of aromatic nitrogens is 1. The average molecular weight is 218 g/mol. The summed E-state index contributed by atoms with van der Waals surface area (Å²) in [5.74, 6) is 0. The molecule has 0 radical (unpaired) electrons. The first-order valence-corrected chi connectivity index (χ1v) is 4.64. The minimum absolute atomic E-state index is 0. The second-order valence-electron chi connectivity index (χ2n) is 3.05. The largest absolute Gasteiger partial charge is 1.00 e. The molecule has 0 aliphatic carbocycles. The molecule has 0 atom stereocenters. The van der Waals surface area contributed by atoms with Crippen LogP contribution in [0, 0.1) is 0 Å². The van der Waals surface area contributed by atoms with Gasteiger partial charge in [0.15, 0.2) is 18.6 Å². The first kappa shape index (κ1) is 11.5. The minimum Gasteiger partial charge on any atom is -1.00 e. The third-order valence-corrected chi connectivity index (χ3v) is 1.98. The van der Waals surface area contributed by atoms with Gasteiger partial charge in [-0.25, -0.2) is 0 Å². The van der Waals surface area contributed by atoms with Gasteiger partial charge in [-0.2, -0.15) is 4.57 Å². The highest BCUT2D eigenvalue weighted by atomic mass is 35.5. The van der Waals surface area contributed by atoms with Crippen molar-refractivity contribution in [3.63, 3.8) is 0 Å². The van der Waals surface area contributed by atoms with Crippen molar-refractivity contribution in [3.05, 3.63) is 66.5 Å². The summed E-state index contributed by atoms with van der Waals surface area (Å²) in [6.45, 7) is 0. The zero-order valence-electron chi connectivity index (χ0n) is 8.25. The van der Waals surface area contributed by atoms with Gasteiger partial charge in [0.1, 0.15) is 0 Å². The molecule has 0 unspecified atom stereocenters. The molecule has 1 aromatic carbocycles. The van der Waals surface area contributed by atoms with Crippen molar-refractivity contribution in [3.8, 4) is 0 Å². The summed E-state index contributed by atoms with van der Waals surface area (Å²) in [4.78, 5) is 0. The molecule has 1 aromatic heterocycles. The van der Waals surface area contributed by atoms with Crippen LogP contribution in [-0.2, 0) is 0 Å². The molecule has 15 heavy (non-hydrogen) atoms. The van der Waals surface area contributed by atoms with E-state index in [0.29, 0.717) is 0 Å². The molecule has 0 aliphatic rings. The first-order chi connectivity index (χ1) is 6.95. The van der Waals surface area contributed by atoms with Crippen molar-refractivity contribution in [1.82, 2.24) is 0 Å². The average Bonchev–Trinajstić information content (AvgIpc) is 2.29. The monoisotopic (exact) mass is 217 g/mol. The third kappa shape index (κ3) is 3.56. The van der Waals surface area contributed by atoms with Crippen LogP contribution in [0.3, 0.4) is 0 Å². The molecule has 0 spiro atoms. The molecule has 2 rings (SSSR count). The van der Waals surface area contributed by atoms with E-state index < -0.39 is 0 Å². The van der Waals surface area contributed by atoms with Gasteiger partial charge in [-0.1, -0.05) is 36.4 Å². The molecule has 0 bridgehead atoms. The number of rotatable bonds is 2. The zero-order valence-corrected chi connectivity index (χ0v) is 9.01. The molecular weight excluding hydrogens is 206 g/mol. The first-order valence-electron chi connectivity index (χ1n) is 4.64. The van der Waals surface area contributed by atoms with Gasteiger partial charge in [0.2, 0.25) is 0 Å². The van der Waals surface area contributed by atoms with Crippen LogP contribution < -0.4 is 17.0 Å². The van der Waals surface area contributed by atoms with E-state index >= 15 is 0 Å².